The second-order valence-corrected chi connectivity index (χ2v) is 4.13. The Morgan fingerprint density at radius 1 is 1.19 bits per heavy atom. The molecule has 0 saturated carbocycles. The smallest absolute Gasteiger partial charge is 0.170 e. The molecule has 1 heterocycles. The number of carbonyl (C=O) groups is 1. The Morgan fingerprint density at radius 2 is 1.88 bits per heavy atom. The van der Waals surface area contributed by atoms with Crippen LogP contribution in [0.3, 0.4) is 0 Å². The van der Waals surface area contributed by atoms with Crippen LogP contribution in [0.4, 0.5) is 0 Å². The molecule has 0 aliphatic rings. The second-order valence-electron chi connectivity index (χ2n) is 3.31. The van der Waals surface area contributed by atoms with Gasteiger partial charge >= 0.3 is 0 Å². The van der Waals surface area contributed by atoms with E-state index in [-0.39, 0.29) is 12.2 Å². The molecule has 16 heavy (non-hydrogen) atoms. The summed E-state index contributed by atoms with van der Waals surface area (Å²) in [5.74, 6) is -0.0660. The lowest BCUT2D eigenvalue weighted by Gasteiger charge is -2.04. The van der Waals surface area contributed by atoms with Crippen molar-refractivity contribution in [2.24, 2.45) is 0 Å². The summed E-state index contributed by atoms with van der Waals surface area (Å²) in [6.07, 6.45) is 3.05. The average molecular weight is 255 g/mol. The molecule has 1 aromatic heterocycles. The summed E-state index contributed by atoms with van der Waals surface area (Å²) in [5, 5.41) is 1.01. The van der Waals surface area contributed by atoms with Gasteiger partial charge in [-0.25, -0.2) is 0 Å². The van der Waals surface area contributed by atoms with Gasteiger partial charge in [0.05, 0.1) is 11.8 Å². The van der Waals surface area contributed by atoms with Gasteiger partial charge in [-0.05, 0) is 23.8 Å². The van der Waals surface area contributed by atoms with Crippen LogP contribution < -0.4 is 0 Å². The van der Waals surface area contributed by atoms with Crippen LogP contribution in [0.25, 0.3) is 0 Å². The summed E-state index contributed by atoms with van der Waals surface area (Å²) in [6.45, 7) is 0. The first-order valence-corrected chi connectivity index (χ1v) is 5.42. The third-order valence-electron chi connectivity index (χ3n) is 2.24. The van der Waals surface area contributed by atoms with Crippen molar-refractivity contribution in [3.63, 3.8) is 0 Å². The maximum absolute atomic E-state index is 11.8. The van der Waals surface area contributed by atoms with Gasteiger partial charge < -0.3 is 4.42 Å². The highest BCUT2D eigenvalue weighted by Gasteiger charge is 2.13. The van der Waals surface area contributed by atoms with Crippen molar-refractivity contribution in [3.8, 4) is 0 Å². The summed E-state index contributed by atoms with van der Waals surface area (Å²) in [5.41, 5.74) is 1.17. The highest BCUT2D eigenvalue weighted by molar-refractivity contribution is 6.36. The van der Waals surface area contributed by atoms with E-state index in [2.05, 4.69) is 0 Å². The van der Waals surface area contributed by atoms with Crippen molar-refractivity contribution in [3.05, 3.63) is 58.0 Å². The van der Waals surface area contributed by atoms with Crippen molar-refractivity contribution >= 4 is 29.0 Å². The van der Waals surface area contributed by atoms with Crippen LogP contribution >= 0.6 is 23.2 Å². The lowest BCUT2D eigenvalue weighted by Crippen LogP contribution is -2.03. The van der Waals surface area contributed by atoms with E-state index in [0.717, 1.165) is 0 Å². The first-order valence-electron chi connectivity index (χ1n) is 4.67. The summed E-state index contributed by atoms with van der Waals surface area (Å²) >= 11 is 11.9. The van der Waals surface area contributed by atoms with E-state index in [1.807, 2.05) is 0 Å². The minimum Gasteiger partial charge on any atom is -0.472 e. The molecule has 82 valence electrons. The highest BCUT2D eigenvalue weighted by Crippen LogP contribution is 2.25. The number of carbonyl (C=O) groups excluding carboxylic acids is 1. The van der Waals surface area contributed by atoms with Crippen LogP contribution in [0.15, 0.2) is 41.2 Å². The average Bonchev–Trinajstić information content (AvgIpc) is 2.76. The van der Waals surface area contributed by atoms with Gasteiger partial charge in [0.15, 0.2) is 5.78 Å². The normalized spacial score (nSPS) is 10.4. The Balaban J connectivity index is 2.25. The van der Waals surface area contributed by atoms with E-state index in [1.165, 1.54) is 12.5 Å². The molecule has 2 rings (SSSR count). The molecule has 0 radical (unpaired) electrons. The van der Waals surface area contributed by atoms with Gasteiger partial charge in [-0.2, -0.15) is 0 Å². The van der Waals surface area contributed by atoms with Gasteiger partial charge in [-0.15, -0.1) is 0 Å². The fraction of sp³-hybridized carbons (Fsp3) is 0.0833. The van der Waals surface area contributed by atoms with Crippen LogP contribution in [0.5, 0.6) is 0 Å². The molecule has 1 aromatic carbocycles. The number of rotatable bonds is 3. The predicted octanol–water partition coefficient (Wildman–Crippen LogP) is 4.01. The molecule has 0 saturated heterocycles. The Morgan fingerprint density at radius 3 is 2.44 bits per heavy atom. The number of ketones is 1. The summed E-state index contributed by atoms with van der Waals surface area (Å²) in [4.78, 5) is 11.8. The molecule has 2 aromatic rings. The van der Waals surface area contributed by atoms with Gasteiger partial charge in [-0.3, -0.25) is 4.79 Å². The monoisotopic (exact) mass is 254 g/mol. The van der Waals surface area contributed by atoms with E-state index in [9.17, 15) is 4.79 Å². The Hall–Kier alpha value is -1.25. The molecule has 0 unspecified atom stereocenters. The molecule has 0 fully saturated rings. The molecular weight excluding hydrogens is 247 g/mol. The fourth-order valence-electron chi connectivity index (χ4n) is 1.39. The van der Waals surface area contributed by atoms with Crippen molar-refractivity contribution in [2.45, 2.75) is 6.42 Å². The molecule has 2 nitrogen and oxygen atoms in total. The van der Waals surface area contributed by atoms with E-state index >= 15 is 0 Å². The molecule has 0 N–H and O–H groups in total. The molecule has 4 heteroatoms. The Bertz CT molecular complexity index is 483. The molecule has 0 aliphatic carbocycles. The van der Waals surface area contributed by atoms with Crippen molar-refractivity contribution in [1.82, 2.24) is 0 Å². The number of halogens is 2. The third kappa shape index (κ3) is 2.29. The van der Waals surface area contributed by atoms with Gasteiger partial charge in [0.25, 0.3) is 0 Å². The number of hydrogen-bond donors (Lipinski definition) is 0. The largest absolute Gasteiger partial charge is 0.472 e. The number of Topliss-reactive ketones (excluding diaryl/α,β-unsaturated/α-hetero) is 1. The van der Waals surface area contributed by atoms with Gasteiger partial charge in [0, 0.05) is 16.5 Å². The lowest BCUT2D eigenvalue weighted by atomic mass is 10.1. The SMILES string of the molecule is O=C(Cc1c(Cl)cccc1Cl)c1ccoc1. The first-order chi connectivity index (χ1) is 7.68. The van der Waals surface area contributed by atoms with E-state index in [0.29, 0.717) is 21.2 Å². The summed E-state index contributed by atoms with van der Waals surface area (Å²) in [6, 6.07) is 6.79. The van der Waals surface area contributed by atoms with Crippen molar-refractivity contribution < 1.29 is 9.21 Å². The minimum atomic E-state index is -0.0660. The fourth-order valence-corrected chi connectivity index (χ4v) is 1.92. The quantitative estimate of drug-likeness (QED) is 0.775. The minimum absolute atomic E-state index is 0.0660. The molecule has 0 spiro atoms. The maximum Gasteiger partial charge on any atom is 0.170 e. The van der Waals surface area contributed by atoms with Gasteiger partial charge in [0.2, 0.25) is 0 Å². The second kappa shape index (κ2) is 4.73. The number of furan rings is 1. The zero-order valence-corrected chi connectivity index (χ0v) is 9.76. The summed E-state index contributed by atoms with van der Waals surface area (Å²) in [7, 11) is 0. The first kappa shape index (κ1) is 11.2. The highest BCUT2D eigenvalue weighted by atomic mass is 35.5. The van der Waals surface area contributed by atoms with Gasteiger partial charge in [-0.1, -0.05) is 29.3 Å². The predicted molar refractivity (Wildman–Crippen MR) is 63.2 cm³/mol. The molecule has 0 aliphatic heterocycles. The Labute approximate surface area is 103 Å². The molecule has 0 amide bonds. The zero-order valence-electron chi connectivity index (χ0n) is 8.24. The Kier molecular flexibility index (Phi) is 3.32. The van der Waals surface area contributed by atoms with Crippen molar-refractivity contribution in [2.75, 3.05) is 0 Å². The van der Waals surface area contributed by atoms with Crippen LogP contribution in [-0.4, -0.2) is 5.78 Å². The molecule has 0 bridgehead atoms. The van der Waals surface area contributed by atoms with E-state index < -0.39 is 0 Å². The van der Waals surface area contributed by atoms with Crippen molar-refractivity contribution in [1.29, 1.82) is 0 Å². The number of hydrogen-bond acceptors (Lipinski definition) is 2. The maximum atomic E-state index is 11.8. The van der Waals surface area contributed by atoms with Crippen LogP contribution in [0, 0.1) is 0 Å². The topological polar surface area (TPSA) is 30.2 Å². The molecular formula is C12H8Cl2O2. The standard InChI is InChI=1S/C12H8Cl2O2/c13-10-2-1-3-11(14)9(10)6-12(15)8-4-5-16-7-8/h1-5,7H,6H2. The summed E-state index contributed by atoms with van der Waals surface area (Å²) < 4.78 is 4.85. The third-order valence-corrected chi connectivity index (χ3v) is 2.95. The van der Waals surface area contributed by atoms with E-state index in [1.54, 1.807) is 24.3 Å². The van der Waals surface area contributed by atoms with Crippen LogP contribution in [0.1, 0.15) is 15.9 Å². The van der Waals surface area contributed by atoms with Crippen LogP contribution in [-0.2, 0) is 6.42 Å². The molecule has 0 atom stereocenters. The van der Waals surface area contributed by atoms with Gasteiger partial charge in [0.1, 0.15) is 6.26 Å². The zero-order chi connectivity index (χ0) is 11.5. The van der Waals surface area contributed by atoms with Crippen LogP contribution in [0.2, 0.25) is 10.0 Å². The number of benzene rings is 1. The lowest BCUT2D eigenvalue weighted by molar-refractivity contribution is 0.0992. The van der Waals surface area contributed by atoms with E-state index in [4.69, 9.17) is 27.6 Å².